The SMILES string of the molecule is Cn1ncc2cc(Cn3cc(C(=O)NCCOc4cccc(Cl)c4)c(N)n3)ccc21. The van der Waals surface area contributed by atoms with Gasteiger partial charge >= 0.3 is 0 Å². The van der Waals surface area contributed by atoms with Crippen molar-refractivity contribution in [1.29, 1.82) is 0 Å². The van der Waals surface area contributed by atoms with Gasteiger partial charge < -0.3 is 15.8 Å². The minimum atomic E-state index is -0.295. The molecule has 2 aromatic heterocycles. The summed E-state index contributed by atoms with van der Waals surface area (Å²) in [5.74, 6) is 0.538. The number of nitrogen functional groups attached to an aromatic ring is 1. The van der Waals surface area contributed by atoms with Gasteiger partial charge in [0.05, 0.1) is 24.8 Å². The smallest absolute Gasteiger partial charge is 0.256 e. The molecule has 0 radical (unpaired) electrons. The fourth-order valence-corrected chi connectivity index (χ4v) is 3.36. The molecule has 4 rings (SSSR count). The Balaban J connectivity index is 1.34. The molecule has 154 valence electrons. The van der Waals surface area contributed by atoms with Crippen LogP contribution in [-0.2, 0) is 13.6 Å². The van der Waals surface area contributed by atoms with Gasteiger partial charge in [0.15, 0.2) is 5.82 Å². The summed E-state index contributed by atoms with van der Waals surface area (Å²) in [4.78, 5) is 12.4. The number of nitrogens with zero attached hydrogens (tertiary/aromatic N) is 4. The second kappa shape index (κ2) is 8.46. The average Bonchev–Trinajstić information content (AvgIpc) is 3.27. The highest BCUT2D eigenvalue weighted by Gasteiger charge is 2.14. The first-order chi connectivity index (χ1) is 14.5. The molecule has 2 heterocycles. The third-order valence-corrected chi connectivity index (χ3v) is 4.88. The topological polar surface area (TPSA) is 100.0 Å². The van der Waals surface area contributed by atoms with E-state index in [1.54, 1.807) is 35.1 Å². The molecule has 0 fully saturated rings. The first kappa shape index (κ1) is 19.8. The third-order valence-electron chi connectivity index (χ3n) is 4.64. The van der Waals surface area contributed by atoms with E-state index in [0.29, 0.717) is 36.0 Å². The van der Waals surface area contributed by atoms with Crippen LogP contribution in [0.1, 0.15) is 15.9 Å². The number of ether oxygens (including phenoxy) is 1. The molecule has 0 aliphatic rings. The van der Waals surface area contributed by atoms with Crippen LogP contribution in [0.25, 0.3) is 10.9 Å². The quantitative estimate of drug-likeness (QED) is 0.444. The maximum absolute atomic E-state index is 12.4. The molecule has 9 heteroatoms. The van der Waals surface area contributed by atoms with Crippen molar-refractivity contribution in [2.24, 2.45) is 7.05 Å². The molecule has 0 saturated carbocycles. The van der Waals surface area contributed by atoms with Gasteiger partial charge in [-0.15, -0.1) is 0 Å². The molecule has 0 spiro atoms. The van der Waals surface area contributed by atoms with Gasteiger partial charge in [0.1, 0.15) is 17.9 Å². The van der Waals surface area contributed by atoms with Crippen LogP contribution >= 0.6 is 11.6 Å². The number of fused-ring (bicyclic) bond motifs is 1. The highest BCUT2D eigenvalue weighted by atomic mass is 35.5. The van der Waals surface area contributed by atoms with Crippen LogP contribution in [0.3, 0.4) is 0 Å². The number of rotatable bonds is 7. The first-order valence-electron chi connectivity index (χ1n) is 9.40. The summed E-state index contributed by atoms with van der Waals surface area (Å²) in [7, 11) is 1.90. The van der Waals surface area contributed by atoms with Crippen molar-refractivity contribution in [1.82, 2.24) is 24.9 Å². The minimum Gasteiger partial charge on any atom is -0.492 e. The van der Waals surface area contributed by atoms with Gasteiger partial charge in [0.2, 0.25) is 0 Å². The van der Waals surface area contributed by atoms with Crippen LogP contribution in [0.5, 0.6) is 5.75 Å². The fourth-order valence-electron chi connectivity index (χ4n) is 3.18. The number of hydrogen-bond donors (Lipinski definition) is 2. The van der Waals surface area contributed by atoms with Crippen molar-refractivity contribution in [3.05, 3.63) is 71.0 Å². The molecule has 4 aromatic rings. The van der Waals surface area contributed by atoms with Crippen molar-refractivity contribution in [3.8, 4) is 5.75 Å². The van der Waals surface area contributed by atoms with E-state index in [1.165, 1.54) is 0 Å². The van der Waals surface area contributed by atoms with Gasteiger partial charge in [0, 0.05) is 23.7 Å². The minimum absolute atomic E-state index is 0.186. The summed E-state index contributed by atoms with van der Waals surface area (Å²) >= 11 is 5.92. The monoisotopic (exact) mass is 424 g/mol. The number of aryl methyl sites for hydroxylation is 1. The van der Waals surface area contributed by atoms with E-state index in [2.05, 4.69) is 15.5 Å². The van der Waals surface area contributed by atoms with Crippen LogP contribution in [0, 0.1) is 0 Å². The zero-order chi connectivity index (χ0) is 21.1. The van der Waals surface area contributed by atoms with Crippen molar-refractivity contribution in [3.63, 3.8) is 0 Å². The zero-order valence-corrected chi connectivity index (χ0v) is 17.1. The predicted molar refractivity (Wildman–Crippen MR) is 116 cm³/mol. The second-order valence-electron chi connectivity index (χ2n) is 6.85. The Kier molecular flexibility index (Phi) is 5.58. The summed E-state index contributed by atoms with van der Waals surface area (Å²) in [6, 6.07) is 13.2. The molecule has 0 aliphatic heterocycles. The maximum Gasteiger partial charge on any atom is 0.256 e. The molecule has 0 unspecified atom stereocenters. The Bertz CT molecular complexity index is 1200. The molecule has 2 aromatic carbocycles. The number of amides is 1. The molecule has 0 bridgehead atoms. The molecule has 30 heavy (non-hydrogen) atoms. The highest BCUT2D eigenvalue weighted by molar-refractivity contribution is 6.30. The lowest BCUT2D eigenvalue weighted by Gasteiger charge is -2.07. The molecule has 0 atom stereocenters. The van der Waals surface area contributed by atoms with Crippen LogP contribution in [-0.4, -0.2) is 38.6 Å². The number of hydrogen-bond acceptors (Lipinski definition) is 5. The van der Waals surface area contributed by atoms with E-state index in [4.69, 9.17) is 22.1 Å². The normalized spacial score (nSPS) is 11.0. The summed E-state index contributed by atoms with van der Waals surface area (Å²) in [5.41, 5.74) is 8.38. The van der Waals surface area contributed by atoms with E-state index in [0.717, 1.165) is 16.5 Å². The largest absolute Gasteiger partial charge is 0.492 e. The Morgan fingerprint density at radius 3 is 2.97 bits per heavy atom. The van der Waals surface area contributed by atoms with Gasteiger partial charge in [0.25, 0.3) is 5.91 Å². The van der Waals surface area contributed by atoms with Gasteiger partial charge in [-0.1, -0.05) is 23.7 Å². The average molecular weight is 425 g/mol. The standard InChI is InChI=1S/C21H21ClN6O2/c1-27-19-6-5-14(9-15(19)11-25-27)12-28-13-18(20(23)26-28)21(29)24-7-8-30-17-4-2-3-16(22)10-17/h2-6,9-11,13H,7-8,12H2,1H3,(H2,23,26)(H,24,29). The Hall–Kier alpha value is -3.52. The lowest BCUT2D eigenvalue weighted by atomic mass is 10.1. The Morgan fingerprint density at radius 2 is 2.13 bits per heavy atom. The van der Waals surface area contributed by atoms with E-state index < -0.39 is 0 Å². The van der Waals surface area contributed by atoms with Crippen molar-refractivity contribution >= 4 is 34.2 Å². The number of benzene rings is 2. The number of carbonyl (C=O) groups is 1. The number of aromatic nitrogens is 4. The van der Waals surface area contributed by atoms with E-state index in [-0.39, 0.29) is 11.7 Å². The molecule has 1 amide bonds. The summed E-state index contributed by atoms with van der Waals surface area (Å²) in [6.45, 7) is 1.14. The lowest BCUT2D eigenvalue weighted by molar-refractivity contribution is 0.0947. The van der Waals surface area contributed by atoms with Gasteiger partial charge in [-0.2, -0.15) is 10.2 Å². The van der Waals surface area contributed by atoms with E-state index >= 15 is 0 Å². The van der Waals surface area contributed by atoms with Crippen molar-refractivity contribution in [2.45, 2.75) is 6.54 Å². The number of nitrogens with one attached hydrogen (secondary N) is 1. The third kappa shape index (κ3) is 4.38. The van der Waals surface area contributed by atoms with Crippen LogP contribution < -0.4 is 15.8 Å². The lowest BCUT2D eigenvalue weighted by Crippen LogP contribution is -2.28. The first-order valence-corrected chi connectivity index (χ1v) is 9.77. The van der Waals surface area contributed by atoms with Gasteiger partial charge in [-0.25, -0.2) is 0 Å². The van der Waals surface area contributed by atoms with Crippen LogP contribution in [0.4, 0.5) is 5.82 Å². The Labute approximate surface area is 178 Å². The summed E-state index contributed by atoms with van der Waals surface area (Å²) in [5, 5.41) is 12.9. The van der Waals surface area contributed by atoms with Gasteiger partial charge in [-0.3, -0.25) is 14.2 Å². The molecule has 3 N–H and O–H groups in total. The number of carbonyl (C=O) groups excluding carboxylic acids is 1. The van der Waals surface area contributed by atoms with E-state index in [1.807, 2.05) is 36.1 Å². The fraction of sp³-hybridized carbons (Fsp3) is 0.190. The number of nitrogens with two attached hydrogens (primary N) is 1. The van der Waals surface area contributed by atoms with Crippen molar-refractivity contribution < 1.29 is 9.53 Å². The molecule has 0 aliphatic carbocycles. The molecular weight excluding hydrogens is 404 g/mol. The predicted octanol–water partition coefficient (Wildman–Crippen LogP) is 2.86. The molecule has 0 saturated heterocycles. The second-order valence-corrected chi connectivity index (χ2v) is 7.29. The molecular formula is C21H21ClN6O2. The summed E-state index contributed by atoms with van der Waals surface area (Å²) < 4.78 is 9.05. The summed E-state index contributed by atoms with van der Waals surface area (Å²) in [6.07, 6.45) is 3.47. The highest BCUT2D eigenvalue weighted by Crippen LogP contribution is 2.18. The van der Waals surface area contributed by atoms with Crippen molar-refractivity contribution in [2.75, 3.05) is 18.9 Å². The van der Waals surface area contributed by atoms with Gasteiger partial charge in [-0.05, 0) is 35.9 Å². The maximum atomic E-state index is 12.4. The number of halogens is 1. The number of anilines is 1. The molecule has 8 nitrogen and oxygen atoms in total. The van der Waals surface area contributed by atoms with Crippen LogP contribution in [0.2, 0.25) is 5.02 Å². The van der Waals surface area contributed by atoms with Crippen LogP contribution in [0.15, 0.2) is 54.9 Å². The van der Waals surface area contributed by atoms with E-state index in [9.17, 15) is 4.79 Å². The zero-order valence-electron chi connectivity index (χ0n) is 16.4. The Morgan fingerprint density at radius 1 is 1.27 bits per heavy atom.